The molecular weight excluding hydrogens is 264 g/mol. The molecule has 0 aliphatic carbocycles. The molecule has 2 heterocycles. The summed E-state index contributed by atoms with van der Waals surface area (Å²) in [6.07, 6.45) is 1.75. The smallest absolute Gasteiger partial charge is 0.282 e. The number of hydrogen-bond donors (Lipinski definition) is 1. The molecule has 7 heteroatoms. The predicted octanol–water partition coefficient (Wildman–Crippen LogP) is 1.36. The Hall–Kier alpha value is -0.920. The lowest BCUT2D eigenvalue weighted by Gasteiger charge is -2.28. The molecule has 0 radical (unpaired) electrons. The monoisotopic (exact) mass is 286 g/mol. The van der Waals surface area contributed by atoms with Crippen molar-refractivity contribution in [3.8, 4) is 0 Å². The maximum absolute atomic E-state index is 12.5. The van der Waals surface area contributed by atoms with Crippen LogP contribution >= 0.6 is 0 Å². The van der Waals surface area contributed by atoms with E-state index in [0.29, 0.717) is 13.1 Å². The Morgan fingerprint density at radius 2 is 2.16 bits per heavy atom. The second-order valence-electron chi connectivity index (χ2n) is 5.04. The van der Waals surface area contributed by atoms with E-state index < -0.39 is 10.2 Å². The van der Waals surface area contributed by atoms with Gasteiger partial charge in [0.1, 0.15) is 0 Å². The Labute approximate surface area is 115 Å². The van der Waals surface area contributed by atoms with Gasteiger partial charge in [-0.2, -0.15) is 22.1 Å². The Morgan fingerprint density at radius 1 is 1.47 bits per heavy atom. The number of aromatic amines is 1. The van der Waals surface area contributed by atoms with Gasteiger partial charge in [-0.1, -0.05) is 6.92 Å². The summed E-state index contributed by atoms with van der Waals surface area (Å²) in [4.78, 5) is 0. The van der Waals surface area contributed by atoms with Crippen molar-refractivity contribution in [1.29, 1.82) is 0 Å². The van der Waals surface area contributed by atoms with E-state index in [2.05, 4.69) is 10.2 Å². The van der Waals surface area contributed by atoms with Gasteiger partial charge >= 0.3 is 0 Å². The molecule has 108 valence electrons. The lowest BCUT2D eigenvalue weighted by molar-refractivity contribution is 0.351. The molecule has 0 spiro atoms. The van der Waals surface area contributed by atoms with Gasteiger partial charge in [0.25, 0.3) is 10.2 Å². The Balaban J connectivity index is 2.38. The highest BCUT2D eigenvalue weighted by atomic mass is 32.2. The zero-order valence-corrected chi connectivity index (χ0v) is 12.8. The quantitative estimate of drug-likeness (QED) is 0.908. The van der Waals surface area contributed by atoms with Gasteiger partial charge in [0, 0.05) is 31.4 Å². The van der Waals surface area contributed by atoms with E-state index in [9.17, 15) is 8.42 Å². The predicted molar refractivity (Wildman–Crippen MR) is 74.0 cm³/mol. The third-order valence-corrected chi connectivity index (χ3v) is 5.93. The van der Waals surface area contributed by atoms with Crippen molar-refractivity contribution in [2.75, 3.05) is 20.1 Å². The highest BCUT2D eigenvalue weighted by Gasteiger charge is 2.38. The van der Waals surface area contributed by atoms with Crippen LogP contribution in [0.1, 0.15) is 42.8 Å². The third-order valence-electron chi connectivity index (χ3n) is 3.86. The maximum atomic E-state index is 12.5. The molecule has 1 aliphatic rings. The average Bonchev–Trinajstić information content (AvgIpc) is 2.95. The number of aryl methyl sites for hydroxylation is 2. The summed E-state index contributed by atoms with van der Waals surface area (Å²) in [7, 11) is -1.75. The Bertz CT molecular complexity index is 533. The van der Waals surface area contributed by atoms with Crippen molar-refractivity contribution < 1.29 is 8.42 Å². The SMILES string of the molecule is CCN(C)S(=O)(=O)N1CCC[C@H]1c1c(C)n[nH]c1C. The number of hydrogen-bond acceptors (Lipinski definition) is 3. The van der Waals surface area contributed by atoms with Gasteiger partial charge in [0.15, 0.2) is 0 Å². The van der Waals surface area contributed by atoms with Crippen molar-refractivity contribution >= 4 is 10.2 Å². The maximum Gasteiger partial charge on any atom is 0.282 e. The summed E-state index contributed by atoms with van der Waals surface area (Å²) in [6.45, 7) is 6.78. The van der Waals surface area contributed by atoms with Crippen LogP contribution in [0.4, 0.5) is 0 Å². The van der Waals surface area contributed by atoms with Crippen LogP contribution in [0.5, 0.6) is 0 Å². The van der Waals surface area contributed by atoms with Crippen molar-refractivity contribution in [1.82, 2.24) is 18.8 Å². The van der Waals surface area contributed by atoms with Gasteiger partial charge in [0.2, 0.25) is 0 Å². The average molecular weight is 286 g/mol. The topological polar surface area (TPSA) is 69.3 Å². The molecule has 0 bridgehead atoms. The second-order valence-corrected chi connectivity index (χ2v) is 7.03. The number of nitrogens with zero attached hydrogens (tertiary/aromatic N) is 3. The molecule has 1 aliphatic heterocycles. The summed E-state index contributed by atoms with van der Waals surface area (Å²) in [5.41, 5.74) is 2.89. The molecule has 6 nitrogen and oxygen atoms in total. The van der Waals surface area contributed by atoms with Crippen molar-refractivity contribution in [2.24, 2.45) is 0 Å². The van der Waals surface area contributed by atoms with E-state index in [1.165, 1.54) is 4.31 Å². The molecule has 0 unspecified atom stereocenters. The molecular formula is C12H22N4O2S. The van der Waals surface area contributed by atoms with Crippen LogP contribution in [0.3, 0.4) is 0 Å². The molecule has 0 amide bonds. The minimum atomic E-state index is -3.37. The van der Waals surface area contributed by atoms with Crippen molar-refractivity contribution in [3.63, 3.8) is 0 Å². The minimum absolute atomic E-state index is 0.0854. The van der Waals surface area contributed by atoms with Crippen LogP contribution in [0.2, 0.25) is 0 Å². The number of H-pyrrole nitrogens is 1. The van der Waals surface area contributed by atoms with Gasteiger partial charge < -0.3 is 0 Å². The number of nitrogens with one attached hydrogen (secondary N) is 1. The summed E-state index contributed by atoms with van der Waals surface area (Å²) in [6, 6.07) is -0.0854. The zero-order valence-electron chi connectivity index (χ0n) is 12.0. The van der Waals surface area contributed by atoms with Crippen molar-refractivity contribution in [3.05, 3.63) is 17.0 Å². The normalized spacial score (nSPS) is 21.4. The molecule has 2 rings (SSSR count). The molecule has 1 aromatic rings. The number of rotatable bonds is 4. The fourth-order valence-corrected chi connectivity index (χ4v) is 4.27. The van der Waals surface area contributed by atoms with Crippen LogP contribution < -0.4 is 0 Å². The fourth-order valence-electron chi connectivity index (χ4n) is 2.70. The first-order valence-electron chi connectivity index (χ1n) is 6.64. The molecule has 1 fully saturated rings. The van der Waals surface area contributed by atoms with E-state index in [1.54, 1.807) is 11.4 Å². The van der Waals surface area contributed by atoms with Crippen LogP contribution in [0.15, 0.2) is 0 Å². The van der Waals surface area contributed by atoms with E-state index in [0.717, 1.165) is 29.8 Å². The second kappa shape index (κ2) is 5.22. The fraction of sp³-hybridized carbons (Fsp3) is 0.750. The van der Waals surface area contributed by atoms with Crippen LogP contribution in [-0.2, 0) is 10.2 Å². The van der Waals surface area contributed by atoms with Gasteiger partial charge in [0.05, 0.1) is 11.7 Å². The van der Waals surface area contributed by atoms with Gasteiger partial charge in [-0.15, -0.1) is 0 Å². The Kier molecular flexibility index (Phi) is 3.98. The first kappa shape index (κ1) is 14.5. The summed E-state index contributed by atoms with van der Waals surface area (Å²) in [5.74, 6) is 0. The van der Waals surface area contributed by atoms with E-state index in [1.807, 2.05) is 20.8 Å². The van der Waals surface area contributed by atoms with E-state index in [-0.39, 0.29) is 6.04 Å². The molecule has 1 saturated heterocycles. The molecule has 0 saturated carbocycles. The van der Waals surface area contributed by atoms with Gasteiger partial charge in [-0.3, -0.25) is 5.10 Å². The lowest BCUT2D eigenvalue weighted by Crippen LogP contribution is -2.41. The molecule has 1 N–H and O–H groups in total. The summed E-state index contributed by atoms with van der Waals surface area (Å²) >= 11 is 0. The summed E-state index contributed by atoms with van der Waals surface area (Å²) in [5, 5.41) is 7.13. The van der Waals surface area contributed by atoms with E-state index >= 15 is 0 Å². The van der Waals surface area contributed by atoms with Gasteiger partial charge in [-0.05, 0) is 26.7 Å². The van der Waals surface area contributed by atoms with Crippen molar-refractivity contribution in [2.45, 2.75) is 39.7 Å². The molecule has 1 aromatic heterocycles. The third kappa shape index (κ3) is 2.42. The molecule has 0 aromatic carbocycles. The Morgan fingerprint density at radius 3 is 2.68 bits per heavy atom. The minimum Gasteiger partial charge on any atom is -0.282 e. The largest absolute Gasteiger partial charge is 0.282 e. The molecule has 19 heavy (non-hydrogen) atoms. The highest BCUT2D eigenvalue weighted by Crippen LogP contribution is 2.37. The first-order chi connectivity index (χ1) is 8.89. The van der Waals surface area contributed by atoms with Crippen LogP contribution in [-0.4, -0.2) is 47.4 Å². The summed E-state index contributed by atoms with van der Waals surface area (Å²) < 4.78 is 28.0. The number of aromatic nitrogens is 2. The van der Waals surface area contributed by atoms with Crippen LogP contribution in [0, 0.1) is 13.8 Å². The zero-order chi connectivity index (χ0) is 14.2. The lowest BCUT2D eigenvalue weighted by atomic mass is 10.0. The van der Waals surface area contributed by atoms with E-state index in [4.69, 9.17) is 0 Å². The highest BCUT2D eigenvalue weighted by molar-refractivity contribution is 7.86. The van der Waals surface area contributed by atoms with Gasteiger partial charge in [-0.25, -0.2) is 0 Å². The molecule has 1 atom stereocenters. The van der Waals surface area contributed by atoms with Crippen LogP contribution in [0.25, 0.3) is 0 Å². The first-order valence-corrected chi connectivity index (χ1v) is 8.03. The standard InChI is InChI=1S/C12H22N4O2S/c1-5-15(4)19(17,18)16-8-6-7-11(16)12-9(2)13-14-10(12)3/h11H,5-8H2,1-4H3,(H,13,14)/t11-/m0/s1.